The molecule has 4 heteroatoms. The molecule has 1 N–H and O–H groups in total. The van der Waals surface area contributed by atoms with Crippen molar-refractivity contribution in [3.63, 3.8) is 0 Å². The average Bonchev–Trinajstić information content (AvgIpc) is 2.73. The number of benzene rings is 3. The first-order chi connectivity index (χ1) is 14.0. The quantitative estimate of drug-likeness (QED) is 0.528. The second-order valence-corrected chi connectivity index (χ2v) is 9.13. The molecule has 0 spiro atoms. The lowest BCUT2D eigenvalue weighted by molar-refractivity contribution is -0.132. The molecule has 1 unspecified atom stereocenters. The van der Waals surface area contributed by atoms with Gasteiger partial charge in [0, 0.05) is 28.4 Å². The molecule has 29 heavy (non-hydrogen) atoms. The van der Waals surface area contributed by atoms with Crippen molar-refractivity contribution in [1.29, 1.82) is 0 Å². The van der Waals surface area contributed by atoms with Crippen LogP contribution < -0.4 is 5.32 Å². The summed E-state index contributed by atoms with van der Waals surface area (Å²) in [6.07, 6.45) is 0.811. The number of amides is 1. The lowest BCUT2D eigenvalue weighted by Gasteiger charge is -2.50. The van der Waals surface area contributed by atoms with Gasteiger partial charge in [-0.3, -0.25) is 4.79 Å². The summed E-state index contributed by atoms with van der Waals surface area (Å²) in [5.74, 6) is 0.380. The molecule has 3 aromatic rings. The minimum absolute atomic E-state index is 0.0561. The third-order valence-electron chi connectivity index (χ3n) is 6.60. The fourth-order valence-corrected chi connectivity index (χ4v) is 5.71. The van der Waals surface area contributed by atoms with E-state index in [-0.39, 0.29) is 17.7 Å². The van der Waals surface area contributed by atoms with Gasteiger partial charge in [0.25, 0.3) is 0 Å². The van der Waals surface area contributed by atoms with Crippen LogP contribution in [0.4, 0.5) is 0 Å². The van der Waals surface area contributed by atoms with E-state index in [0.717, 1.165) is 12.0 Å². The summed E-state index contributed by atoms with van der Waals surface area (Å²) >= 11 is 12.3. The molecule has 146 valence electrons. The van der Waals surface area contributed by atoms with Gasteiger partial charge in [-0.05, 0) is 53.3 Å². The molecule has 0 heterocycles. The molecule has 1 amide bonds. The van der Waals surface area contributed by atoms with Crippen LogP contribution in [0.2, 0.25) is 10.0 Å². The molecule has 3 aromatic carbocycles. The van der Waals surface area contributed by atoms with Crippen LogP contribution in [0.15, 0.2) is 66.7 Å². The SMILES string of the molecule is CC1(C(=O)NCc2ccc(Cl)cc2Cl)CC2c3ccccc3C1c1ccccc12. The zero-order valence-corrected chi connectivity index (χ0v) is 17.6. The highest BCUT2D eigenvalue weighted by atomic mass is 35.5. The molecule has 2 bridgehead atoms. The van der Waals surface area contributed by atoms with Crippen LogP contribution in [0.5, 0.6) is 0 Å². The second-order valence-electron chi connectivity index (χ2n) is 8.28. The Balaban J connectivity index is 1.50. The van der Waals surface area contributed by atoms with E-state index in [2.05, 4.69) is 60.8 Å². The molecule has 2 nitrogen and oxygen atoms in total. The van der Waals surface area contributed by atoms with Gasteiger partial charge in [0.15, 0.2) is 0 Å². The second kappa shape index (κ2) is 6.90. The Kier molecular flexibility index (Phi) is 4.45. The number of fused-ring (bicyclic) bond motifs is 1. The third-order valence-corrected chi connectivity index (χ3v) is 7.19. The van der Waals surface area contributed by atoms with Crippen LogP contribution in [0, 0.1) is 5.41 Å². The van der Waals surface area contributed by atoms with Crippen molar-refractivity contribution < 1.29 is 4.79 Å². The molecule has 0 fully saturated rings. The fourth-order valence-electron chi connectivity index (χ4n) is 5.23. The van der Waals surface area contributed by atoms with E-state index in [9.17, 15) is 4.79 Å². The van der Waals surface area contributed by atoms with Gasteiger partial charge in [-0.15, -0.1) is 0 Å². The number of hydrogen-bond donors (Lipinski definition) is 1. The van der Waals surface area contributed by atoms with Gasteiger partial charge in [-0.1, -0.05) is 77.8 Å². The Labute approximate surface area is 180 Å². The molecular weight excluding hydrogens is 401 g/mol. The lowest BCUT2D eigenvalue weighted by Crippen LogP contribution is -2.49. The van der Waals surface area contributed by atoms with Crippen molar-refractivity contribution in [2.24, 2.45) is 5.41 Å². The average molecular weight is 422 g/mol. The Hall–Kier alpha value is -2.29. The summed E-state index contributed by atoms with van der Waals surface area (Å²) in [5.41, 5.74) is 5.65. The first kappa shape index (κ1) is 18.7. The highest BCUT2D eigenvalue weighted by Crippen LogP contribution is 2.60. The van der Waals surface area contributed by atoms with Crippen molar-refractivity contribution in [3.8, 4) is 0 Å². The van der Waals surface area contributed by atoms with Crippen LogP contribution in [-0.2, 0) is 11.3 Å². The maximum absolute atomic E-state index is 13.5. The summed E-state index contributed by atoms with van der Waals surface area (Å²) in [6, 6.07) is 22.5. The molecule has 0 saturated heterocycles. The Morgan fingerprint density at radius 1 is 0.966 bits per heavy atom. The van der Waals surface area contributed by atoms with Gasteiger partial charge in [0.2, 0.25) is 5.91 Å². The van der Waals surface area contributed by atoms with Gasteiger partial charge in [0.1, 0.15) is 0 Å². The van der Waals surface area contributed by atoms with Gasteiger partial charge >= 0.3 is 0 Å². The predicted molar refractivity (Wildman–Crippen MR) is 118 cm³/mol. The maximum atomic E-state index is 13.5. The summed E-state index contributed by atoms with van der Waals surface area (Å²) < 4.78 is 0. The largest absolute Gasteiger partial charge is 0.351 e. The van der Waals surface area contributed by atoms with E-state index in [1.807, 2.05) is 6.07 Å². The van der Waals surface area contributed by atoms with Crippen molar-refractivity contribution in [2.45, 2.75) is 31.7 Å². The number of rotatable bonds is 3. The monoisotopic (exact) mass is 421 g/mol. The van der Waals surface area contributed by atoms with Crippen molar-refractivity contribution in [2.75, 3.05) is 0 Å². The van der Waals surface area contributed by atoms with Crippen molar-refractivity contribution in [1.82, 2.24) is 5.32 Å². The number of halogens is 2. The topological polar surface area (TPSA) is 29.1 Å². The van der Waals surface area contributed by atoms with Gasteiger partial charge in [-0.2, -0.15) is 0 Å². The summed E-state index contributed by atoms with van der Waals surface area (Å²) in [7, 11) is 0. The molecule has 3 aliphatic carbocycles. The molecular formula is C25H21Cl2NO. The highest BCUT2D eigenvalue weighted by molar-refractivity contribution is 6.35. The summed E-state index contributed by atoms with van der Waals surface area (Å²) in [4.78, 5) is 13.5. The minimum atomic E-state index is -0.508. The molecule has 0 saturated carbocycles. The Morgan fingerprint density at radius 3 is 2.14 bits per heavy atom. The van der Waals surface area contributed by atoms with Gasteiger partial charge in [-0.25, -0.2) is 0 Å². The predicted octanol–water partition coefficient (Wildman–Crippen LogP) is 6.30. The molecule has 0 radical (unpaired) electrons. The van der Waals surface area contributed by atoms with E-state index in [1.165, 1.54) is 22.3 Å². The molecule has 6 rings (SSSR count). The van der Waals surface area contributed by atoms with Crippen LogP contribution in [-0.4, -0.2) is 5.91 Å². The molecule has 3 aliphatic rings. The van der Waals surface area contributed by atoms with Crippen LogP contribution in [0.1, 0.15) is 53.0 Å². The highest BCUT2D eigenvalue weighted by Gasteiger charge is 2.53. The zero-order chi connectivity index (χ0) is 20.2. The number of carbonyl (C=O) groups is 1. The summed E-state index contributed by atoms with van der Waals surface area (Å²) in [6.45, 7) is 2.50. The number of nitrogens with one attached hydrogen (secondary N) is 1. The first-order valence-electron chi connectivity index (χ1n) is 9.89. The van der Waals surface area contributed by atoms with Crippen LogP contribution in [0.3, 0.4) is 0 Å². The van der Waals surface area contributed by atoms with E-state index in [1.54, 1.807) is 12.1 Å². The van der Waals surface area contributed by atoms with Crippen molar-refractivity contribution in [3.05, 3.63) is 105 Å². The van der Waals surface area contributed by atoms with Gasteiger partial charge < -0.3 is 5.32 Å². The smallest absolute Gasteiger partial charge is 0.227 e. The Bertz CT molecular complexity index is 1080. The van der Waals surface area contributed by atoms with Crippen LogP contribution >= 0.6 is 23.2 Å². The van der Waals surface area contributed by atoms with Crippen LogP contribution in [0.25, 0.3) is 0 Å². The van der Waals surface area contributed by atoms with E-state index >= 15 is 0 Å². The molecule has 0 aromatic heterocycles. The van der Waals surface area contributed by atoms with Crippen molar-refractivity contribution >= 4 is 29.1 Å². The first-order valence-corrected chi connectivity index (χ1v) is 10.6. The third kappa shape index (κ3) is 2.89. The number of hydrogen-bond acceptors (Lipinski definition) is 1. The maximum Gasteiger partial charge on any atom is 0.227 e. The minimum Gasteiger partial charge on any atom is -0.351 e. The fraction of sp³-hybridized carbons (Fsp3) is 0.240. The van der Waals surface area contributed by atoms with E-state index < -0.39 is 5.41 Å². The summed E-state index contributed by atoms with van der Waals surface area (Å²) in [5, 5.41) is 4.31. The standard InChI is InChI=1S/C25H21Cl2NO/c1-25(24(29)28-14-15-10-11-16(26)12-22(15)27)13-21-17-6-2-4-8-19(17)23(25)20-9-5-3-7-18(20)21/h2-12,21,23H,13-14H2,1H3,(H,28,29). The zero-order valence-electron chi connectivity index (χ0n) is 16.1. The normalized spacial score (nSPS) is 24.0. The lowest BCUT2D eigenvalue weighted by atomic mass is 9.52. The van der Waals surface area contributed by atoms with Gasteiger partial charge in [0.05, 0.1) is 5.41 Å². The number of carbonyl (C=O) groups excluding carboxylic acids is 1. The van der Waals surface area contributed by atoms with E-state index in [4.69, 9.17) is 23.2 Å². The Morgan fingerprint density at radius 2 is 1.55 bits per heavy atom. The van der Waals surface area contributed by atoms with E-state index in [0.29, 0.717) is 16.6 Å². The molecule has 0 aliphatic heterocycles. The molecule has 1 atom stereocenters.